The van der Waals surface area contributed by atoms with Crippen LogP contribution in [0.2, 0.25) is 0 Å². The number of carbonyl (C=O) groups excluding carboxylic acids is 1. The molecule has 0 aliphatic rings. The van der Waals surface area contributed by atoms with Crippen molar-refractivity contribution in [3.05, 3.63) is 29.3 Å². The molecular formula is C15H21F3N2O. The molecule has 1 rings (SSSR count). The summed E-state index contributed by atoms with van der Waals surface area (Å²) in [5, 5.41) is 5.36. The molecule has 118 valence electrons. The van der Waals surface area contributed by atoms with Gasteiger partial charge in [-0.15, -0.1) is 0 Å². The van der Waals surface area contributed by atoms with Gasteiger partial charge in [-0.25, -0.2) is 0 Å². The summed E-state index contributed by atoms with van der Waals surface area (Å²) < 4.78 is 39.1. The highest BCUT2D eigenvalue weighted by atomic mass is 19.4. The Kier molecular flexibility index (Phi) is 5.63. The minimum absolute atomic E-state index is 0.0106. The zero-order valence-corrected chi connectivity index (χ0v) is 12.6. The van der Waals surface area contributed by atoms with Crippen LogP contribution in [0.3, 0.4) is 0 Å². The molecule has 0 aliphatic heterocycles. The second kappa shape index (κ2) is 6.83. The van der Waals surface area contributed by atoms with Crippen molar-refractivity contribution in [2.75, 3.05) is 11.9 Å². The van der Waals surface area contributed by atoms with E-state index in [1.807, 2.05) is 20.8 Å². The minimum atomic E-state index is -4.50. The lowest BCUT2D eigenvalue weighted by molar-refractivity contribution is -0.137. The lowest BCUT2D eigenvalue weighted by atomic mass is 10.0. The van der Waals surface area contributed by atoms with E-state index in [9.17, 15) is 18.0 Å². The zero-order chi connectivity index (χ0) is 16.2. The van der Waals surface area contributed by atoms with E-state index in [4.69, 9.17) is 0 Å². The smallest absolute Gasteiger partial charge is 0.385 e. The van der Waals surface area contributed by atoms with Gasteiger partial charge in [0.1, 0.15) is 0 Å². The molecule has 1 atom stereocenters. The van der Waals surface area contributed by atoms with Crippen LogP contribution in [0.1, 0.15) is 43.6 Å². The molecule has 0 spiro atoms. The van der Waals surface area contributed by atoms with Gasteiger partial charge in [0.2, 0.25) is 0 Å². The average molecular weight is 302 g/mol. The number of anilines is 1. The first kappa shape index (κ1) is 17.3. The van der Waals surface area contributed by atoms with Gasteiger partial charge in [0.25, 0.3) is 5.91 Å². The standard InChI is InChI=1S/C15H21F3N2O/c1-5-19-13-7-6-11(8-12(13)15(16,17)18)14(21)20-10(4)9(2)3/h6-10,19H,5H2,1-4H3,(H,20,21). The van der Waals surface area contributed by atoms with E-state index in [0.717, 1.165) is 6.07 Å². The Morgan fingerprint density at radius 2 is 1.86 bits per heavy atom. The van der Waals surface area contributed by atoms with Crippen LogP contribution in [0, 0.1) is 5.92 Å². The topological polar surface area (TPSA) is 41.1 Å². The third kappa shape index (κ3) is 4.65. The Balaban J connectivity index is 3.07. The molecule has 1 aromatic rings. The predicted octanol–water partition coefficient (Wildman–Crippen LogP) is 3.91. The largest absolute Gasteiger partial charge is 0.418 e. The van der Waals surface area contributed by atoms with Gasteiger partial charge >= 0.3 is 6.18 Å². The monoisotopic (exact) mass is 302 g/mol. The molecule has 0 bridgehead atoms. The maximum absolute atomic E-state index is 13.0. The first-order valence-corrected chi connectivity index (χ1v) is 6.92. The minimum Gasteiger partial charge on any atom is -0.385 e. The van der Waals surface area contributed by atoms with E-state index < -0.39 is 17.6 Å². The highest BCUT2D eigenvalue weighted by Crippen LogP contribution is 2.35. The van der Waals surface area contributed by atoms with Crippen LogP contribution in [-0.2, 0) is 6.18 Å². The average Bonchev–Trinajstić information content (AvgIpc) is 2.37. The summed E-state index contributed by atoms with van der Waals surface area (Å²) in [7, 11) is 0. The van der Waals surface area contributed by atoms with Gasteiger partial charge in [-0.3, -0.25) is 4.79 Å². The first-order chi connectivity index (χ1) is 9.66. The van der Waals surface area contributed by atoms with Crippen LogP contribution >= 0.6 is 0 Å². The normalized spacial score (nSPS) is 13.1. The Bertz CT molecular complexity index is 498. The van der Waals surface area contributed by atoms with Crippen LogP contribution in [0.4, 0.5) is 18.9 Å². The second-order valence-electron chi connectivity index (χ2n) is 5.29. The molecule has 0 aromatic heterocycles. The van der Waals surface area contributed by atoms with Crippen molar-refractivity contribution in [1.29, 1.82) is 0 Å². The number of halogens is 3. The van der Waals surface area contributed by atoms with Crippen LogP contribution in [0.5, 0.6) is 0 Å². The number of nitrogens with one attached hydrogen (secondary N) is 2. The van der Waals surface area contributed by atoms with Crippen LogP contribution < -0.4 is 10.6 Å². The lowest BCUT2D eigenvalue weighted by Gasteiger charge is -2.19. The quantitative estimate of drug-likeness (QED) is 0.866. The third-order valence-corrected chi connectivity index (χ3v) is 3.31. The second-order valence-corrected chi connectivity index (χ2v) is 5.29. The number of carbonyl (C=O) groups is 1. The molecule has 2 N–H and O–H groups in total. The maximum atomic E-state index is 13.0. The lowest BCUT2D eigenvalue weighted by Crippen LogP contribution is -2.36. The molecule has 1 unspecified atom stereocenters. The van der Waals surface area contributed by atoms with Gasteiger partial charge < -0.3 is 10.6 Å². The van der Waals surface area contributed by atoms with Crippen molar-refractivity contribution >= 4 is 11.6 Å². The Hall–Kier alpha value is -1.72. The van der Waals surface area contributed by atoms with E-state index in [0.29, 0.717) is 6.54 Å². The summed E-state index contributed by atoms with van der Waals surface area (Å²) in [5.41, 5.74) is -0.830. The van der Waals surface area contributed by atoms with Crippen LogP contribution in [-0.4, -0.2) is 18.5 Å². The summed E-state index contributed by atoms with van der Waals surface area (Å²) in [4.78, 5) is 12.0. The number of hydrogen-bond donors (Lipinski definition) is 2. The Labute approximate surface area is 122 Å². The van der Waals surface area contributed by atoms with Crippen molar-refractivity contribution in [1.82, 2.24) is 5.32 Å². The van der Waals surface area contributed by atoms with E-state index in [1.54, 1.807) is 6.92 Å². The molecule has 0 aliphatic carbocycles. The summed E-state index contributed by atoms with van der Waals surface area (Å²) in [6.45, 7) is 7.77. The Morgan fingerprint density at radius 1 is 1.24 bits per heavy atom. The summed E-state index contributed by atoms with van der Waals surface area (Å²) in [6.07, 6.45) is -4.50. The van der Waals surface area contributed by atoms with E-state index in [-0.39, 0.29) is 23.2 Å². The number of hydrogen-bond acceptors (Lipinski definition) is 2. The maximum Gasteiger partial charge on any atom is 0.418 e. The van der Waals surface area contributed by atoms with Crippen molar-refractivity contribution in [3.63, 3.8) is 0 Å². The summed E-state index contributed by atoms with van der Waals surface area (Å²) in [5.74, 6) is -0.290. The van der Waals surface area contributed by atoms with Crippen molar-refractivity contribution in [3.8, 4) is 0 Å². The van der Waals surface area contributed by atoms with Crippen molar-refractivity contribution < 1.29 is 18.0 Å². The van der Waals surface area contributed by atoms with Crippen molar-refractivity contribution in [2.45, 2.75) is 39.9 Å². The number of amides is 1. The Morgan fingerprint density at radius 3 is 2.33 bits per heavy atom. The third-order valence-electron chi connectivity index (χ3n) is 3.31. The van der Waals surface area contributed by atoms with E-state index in [2.05, 4.69) is 10.6 Å². The molecule has 0 radical (unpaired) electrons. The SMILES string of the molecule is CCNc1ccc(C(=O)NC(C)C(C)C)cc1C(F)(F)F. The molecule has 3 nitrogen and oxygen atoms in total. The molecule has 21 heavy (non-hydrogen) atoms. The highest BCUT2D eigenvalue weighted by molar-refractivity contribution is 5.95. The van der Waals surface area contributed by atoms with Crippen LogP contribution in [0.25, 0.3) is 0 Å². The molecule has 0 heterocycles. The zero-order valence-electron chi connectivity index (χ0n) is 12.6. The van der Waals surface area contributed by atoms with E-state index in [1.165, 1.54) is 12.1 Å². The predicted molar refractivity (Wildman–Crippen MR) is 77.4 cm³/mol. The van der Waals surface area contributed by atoms with Crippen LogP contribution in [0.15, 0.2) is 18.2 Å². The van der Waals surface area contributed by atoms with Crippen molar-refractivity contribution in [2.24, 2.45) is 5.92 Å². The molecular weight excluding hydrogens is 281 g/mol. The number of alkyl halides is 3. The first-order valence-electron chi connectivity index (χ1n) is 6.92. The fourth-order valence-corrected chi connectivity index (χ4v) is 1.72. The summed E-state index contributed by atoms with van der Waals surface area (Å²) in [6, 6.07) is 3.47. The molecule has 0 saturated carbocycles. The van der Waals surface area contributed by atoms with E-state index >= 15 is 0 Å². The fourth-order valence-electron chi connectivity index (χ4n) is 1.72. The number of rotatable bonds is 5. The van der Waals surface area contributed by atoms with Gasteiger partial charge in [0.15, 0.2) is 0 Å². The molecule has 0 saturated heterocycles. The highest BCUT2D eigenvalue weighted by Gasteiger charge is 2.34. The molecule has 1 amide bonds. The number of benzene rings is 1. The van der Waals surface area contributed by atoms with Gasteiger partial charge in [-0.1, -0.05) is 13.8 Å². The molecule has 0 fully saturated rings. The van der Waals surface area contributed by atoms with Gasteiger partial charge in [-0.2, -0.15) is 13.2 Å². The molecule has 6 heteroatoms. The van der Waals surface area contributed by atoms with Gasteiger partial charge in [-0.05, 0) is 38.0 Å². The summed E-state index contributed by atoms with van der Waals surface area (Å²) >= 11 is 0. The van der Waals surface area contributed by atoms with Gasteiger partial charge in [0, 0.05) is 23.8 Å². The molecule has 1 aromatic carbocycles. The fraction of sp³-hybridized carbons (Fsp3) is 0.533. The van der Waals surface area contributed by atoms with Gasteiger partial charge in [0.05, 0.1) is 5.56 Å².